The van der Waals surface area contributed by atoms with E-state index in [0.717, 1.165) is 0 Å². The number of thioether (sulfide) groups is 1. The van der Waals surface area contributed by atoms with Crippen molar-refractivity contribution in [3.63, 3.8) is 0 Å². The van der Waals surface area contributed by atoms with E-state index in [9.17, 15) is 9.90 Å². The fourth-order valence-corrected chi connectivity index (χ4v) is 4.34. The number of fused-ring (bicyclic) bond motifs is 1. The first-order chi connectivity index (χ1) is 12.4. The Bertz CT molecular complexity index is 970. The van der Waals surface area contributed by atoms with Gasteiger partial charge in [0.15, 0.2) is 21.6 Å². The lowest BCUT2D eigenvalue weighted by Gasteiger charge is -2.14. The third-order valence-corrected chi connectivity index (χ3v) is 5.62. The zero-order chi connectivity index (χ0) is 18.4. The molecule has 0 aliphatic carbocycles. The number of aromatic hydroxyl groups is 1. The molecule has 9 heteroatoms. The van der Waals surface area contributed by atoms with Gasteiger partial charge in [0, 0.05) is 6.07 Å². The number of phenolic OH excluding ortho intramolecular Hbond substituents is 1. The lowest BCUT2D eigenvalue weighted by atomic mass is 10.2. The molecular formula is C17H9Cl2NO4S2. The van der Waals surface area contributed by atoms with E-state index in [0.29, 0.717) is 32.0 Å². The molecule has 0 bridgehead atoms. The highest BCUT2D eigenvalue weighted by Gasteiger charge is 2.34. The SMILES string of the molecule is O=C1/C(=C/c2cc(Cl)c(O)c(Cl)c2)SC(=S)N1c1ccc2c(c1)OCO2. The van der Waals surface area contributed by atoms with Crippen LogP contribution in [0.1, 0.15) is 5.56 Å². The van der Waals surface area contributed by atoms with E-state index < -0.39 is 0 Å². The summed E-state index contributed by atoms with van der Waals surface area (Å²) in [4.78, 5) is 14.7. The third kappa shape index (κ3) is 3.01. The Labute approximate surface area is 168 Å². The summed E-state index contributed by atoms with van der Waals surface area (Å²) in [5.41, 5.74) is 1.19. The Hall–Kier alpha value is -1.93. The van der Waals surface area contributed by atoms with Crippen molar-refractivity contribution >= 4 is 69.2 Å². The fourth-order valence-electron chi connectivity index (χ4n) is 2.53. The number of halogens is 2. The summed E-state index contributed by atoms with van der Waals surface area (Å²) in [6, 6.07) is 8.24. The molecule has 1 fully saturated rings. The number of nitrogens with zero attached hydrogens (tertiary/aromatic N) is 1. The molecule has 132 valence electrons. The summed E-state index contributed by atoms with van der Waals surface area (Å²) < 4.78 is 11.0. The van der Waals surface area contributed by atoms with Crippen molar-refractivity contribution in [1.29, 1.82) is 0 Å². The number of hydrogen-bond acceptors (Lipinski definition) is 6. The first-order valence-corrected chi connectivity index (χ1v) is 9.28. The molecule has 0 radical (unpaired) electrons. The van der Waals surface area contributed by atoms with Gasteiger partial charge in [-0.15, -0.1) is 0 Å². The standard InChI is InChI=1S/C17H9Cl2NO4S2/c18-10-3-8(4-11(19)15(10)21)5-14-16(22)20(17(25)26-14)9-1-2-12-13(6-9)24-7-23-12/h1-6,21H,7H2/b14-5-. The van der Waals surface area contributed by atoms with Crippen molar-refractivity contribution in [3.8, 4) is 17.2 Å². The second-order valence-electron chi connectivity index (χ2n) is 5.39. The Morgan fingerprint density at radius 1 is 1.15 bits per heavy atom. The molecule has 1 saturated heterocycles. The molecule has 0 spiro atoms. The van der Waals surface area contributed by atoms with Crippen LogP contribution in [0.4, 0.5) is 5.69 Å². The van der Waals surface area contributed by atoms with Gasteiger partial charge in [0.25, 0.3) is 5.91 Å². The van der Waals surface area contributed by atoms with Crippen molar-refractivity contribution < 1.29 is 19.4 Å². The Balaban J connectivity index is 1.67. The number of carbonyl (C=O) groups is 1. The third-order valence-electron chi connectivity index (χ3n) is 3.75. The van der Waals surface area contributed by atoms with Crippen LogP contribution in [0.5, 0.6) is 17.2 Å². The molecule has 26 heavy (non-hydrogen) atoms. The summed E-state index contributed by atoms with van der Waals surface area (Å²) in [6.45, 7) is 0.152. The Kier molecular flexibility index (Phi) is 4.48. The predicted molar refractivity (Wildman–Crippen MR) is 106 cm³/mol. The fraction of sp³-hybridized carbons (Fsp3) is 0.0588. The monoisotopic (exact) mass is 425 g/mol. The van der Waals surface area contributed by atoms with E-state index in [1.807, 2.05) is 0 Å². The molecule has 2 aromatic rings. The van der Waals surface area contributed by atoms with E-state index in [2.05, 4.69) is 0 Å². The van der Waals surface area contributed by atoms with Gasteiger partial charge in [0.1, 0.15) is 0 Å². The summed E-state index contributed by atoms with van der Waals surface area (Å²) in [5.74, 6) is 0.735. The second-order valence-corrected chi connectivity index (χ2v) is 7.88. The average molecular weight is 426 g/mol. The maximum absolute atomic E-state index is 12.8. The van der Waals surface area contributed by atoms with Crippen molar-refractivity contribution in [2.75, 3.05) is 11.7 Å². The summed E-state index contributed by atoms with van der Waals surface area (Å²) >= 11 is 18.4. The molecule has 4 rings (SSSR count). The number of phenols is 1. The molecule has 2 aromatic carbocycles. The van der Waals surface area contributed by atoms with Gasteiger partial charge >= 0.3 is 0 Å². The number of rotatable bonds is 2. The van der Waals surface area contributed by atoms with E-state index in [1.54, 1.807) is 24.3 Å². The summed E-state index contributed by atoms with van der Waals surface area (Å²) in [5, 5.41) is 9.86. The summed E-state index contributed by atoms with van der Waals surface area (Å²) in [6.07, 6.45) is 1.63. The first-order valence-electron chi connectivity index (χ1n) is 7.29. The highest BCUT2D eigenvalue weighted by atomic mass is 35.5. The number of anilines is 1. The molecule has 0 unspecified atom stereocenters. The highest BCUT2D eigenvalue weighted by molar-refractivity contribution is 8.27. The predicted octanol–water partition coefficient (Wildman–Crippen LogP) is 4.83. The minimum atomic E-state index is -0.265. The van der Waals surface area contributed by atoms with E-state index in [-0.39, 0.29) is 28.5 Å². The average Bonchev–Trinajstić information content (AvgIpc) is 3.16. The Morgan fingerprint density at radius 2 is 1.85 bits per heavy atom. The van der Waals surface area contributed by atoms with Crippen LogP contribution < -0.4 is 14.4 Å². The number of ether oxygens (including phenoxy) is 2. The van der Waals surface area contributed by atoms with Crippen LogP contribution in [0.25, 0.3) is 6.08 Å². The Morgan fingerprint density at radius 3 is 2.58 bits per heavy atom. The number of carbonyl (C=O) groups excluding carboxylic acids is 1. The van der Waals surface area contributed by atoms with Crippen LogP contribution in [0.3, 0.4) is 0 Å². The van der Waals surface area contributed by atoms with E-state index in [4.69, 9.17) is 44.9 Å². The van der Waals surface area contributed by atoms with Crippen LogP contribution in [-0.2, 0) is 4.79 Å². The topological polar surface area (TPSA) is 59.0 Å². The molecule has 5 nitrogen and oxygen atoms in total. The maximum atomic E-state index is 12.8. The molecule has 2 aliphatic heterocycles. The molecule has 1 amide bonds. The van der Waals surface area contributed by atoms with Gasteiger partial charge in [-0.05, 0) is 35.9 Å². The van der Waals surface area contributed by atoms with Crippen LogP contribution in [0.2, 0.25) is 10.0 Å². The minimum absolute atomic E-state index is 0.106. The molecule has 0 atom stereocenters. The number of amides is 1. The highest BCUT2D eigenvalue weighted by Crippen LogP contribution is 2.41. The number of hydrogen-bond donors (Lipinski definition) is 1. The van der Waals surface area contributed by atoms with Gasteiger partial charge in [0.05, 0.1) is 20.6 Å². The van der Waals surface area contributed by atoms with Crippen molar-refractivity contribution in [3.05, 3.63) is 50.8 Å². The maximum Gasteiger partial charge on any atom is 0.270 e. The van der Waals surface area contributed by atoms with Crippen molar-refractivity contribution in [2.45, 2.75) is 0 Å². The normalized spacial score (nSPS) is 17.5. The molecule has 0 aromatic heterocycles. The van der Waals surface area contributed by atoms with Gasteiger partial charge in [-0.2, -0.15) is 0 Å². The molecular weight excluding hydrogens is 417 g/mol. The van der Waals surface area contributed by atoms with Crippen LogP contribution >= 0.6 is 47.2 Å². The summed E-state index contributed by atoms with van der Waals surface area (Å²) in [7, 11) is 0. The van der Waals surface area contributed by atoms with E-state index in [1.165, 1.54) is 28.8 Å². The van der Waals surface area contributed by atoms with Gasteiger partial charge in [-0.25, -0.2) is 0 Å². The van der Waals surface area contributed by atoms with Gasteiger partial charge < -0.3 is 14.6 Å². The van der Waals surface area contributed by atoms with Gasteiger partial charge in [-0.1, -0.05) is 47.2 Å². The lowest BCUT2D eigenvalue weighted by Crippen LogP contribution is -2.27. The van der Waals surface area contributed by atoms with Crippen LogP contribution in [-0.4, -0.2) is 22.1 Å². The molecule has 0 saturated carbocycles. The molecule has 2 aliphatic rings. The lowest BCUT2D eigenvalue weighted by molar-refractivity contribution is -0.113. The zero-order valence-electron chi connectivity index (χ0n) is 12.9. The number of thiocarbonyl (C=S) groups is 1. The van der Waals surface area contributed by atoms with Gasteiger partial charge in [0.2, 0.25) is 6.79 Å². The van der Waals surface area contributed by atoms with Gasteiger partial charge in [-0.3, -0.25) is 9.69 Å². The van der Waals surface area contributed by atoms with Crippen LogP contribution in [0, 0.1) is 0 Å². The van der Waals surface area contributed by atoms with Crippen LogP contribution in [0.15, 0.2) is 35.2 Å². The number of benzene rings is 2. The first kappa shape index (κ1) is 17.5. The zero-order valence-corrected chi connectivity index (χ0v) is 16.0. The molecule has 1 N–H and O–H groups in total. The second kappa shape index (κ2) is 6.66. The largest absolute Gasteiger partial charge is 0.505 e. The van der Waals surface area contributed by atoms with E-state index >= 15 is 0 Å². The molecule has 2 heterocycles. The van der Waals surface area contributed by atoms with Crippen molar-refractivity contribution in [2.24, 2.45) is 0 Å². The minimum Gasteiger partial charge on any atom is -0.505 e. The smallest absolute Gasteiger partial charge is 0.270 e. The van der Waals surface area contributed by atoms with Crippen molar-refractivity contribution in [1.82, 2.24) is 0 Å². The quantitative estimate of drug-likeness (QED) is 0.548.